The van der Waals surface area contributed by atoms with Crippen molar-refractivity contribution in [3.05, 3.63) is 52.1 Å². The van der Waals surface area contributed by atoms with Crippen LogP contribution in [0.5, 0.6) is 11.5 Å². The van der Waals surface area contributed by atoms with E-state index in [1.807, 2.05) is 0 Å². The molecule has 2 aromatic carbocycles. The van der Waals surface area contributed by atoms with Gasteiger partial charge in [-0.05, 0) is 31.5 Å². The number of nitro groups is 1. The lowest BCUT2D eigenvalue weighted by Gasteiger charge is -2.16. The van der Waals surface area contributed by atoms with Gasteiger partial charge in [0.2, 0.25) is 5.91 Å². The van der Waals surface area contributed by atoms with Gasteiger partial charge in [-0.1, -0.05) is 6.07 Å². The van der Waals surface area contributed by atoms with E-state index in [1.54, 1.807) is 36.1 Å². The minimum absolute atomic E-state index is 0.0137. The molecule has 0 bridgehead atoms. The number of methoxy groups -OCH3 is 1. The van der Waals surface area contributed by atoms with Crippen LogP contribution in [0.4, 0.5) is 17.1 Å². The Kier molecular flexibility index (Phi) is 7.44. The first-order chi connectivity index (χ1) is 15.8. The van der Waals surface area contributed by atoms with Crippen LogP contribution in [0.2, 0.25) is 0 Å². The van der Waals surface area contributed by atoms with E-state index in [0.717, 1.165) is 18.6 Å². The zero-order valence-electron chi connectivity index (χ0n) is 18.2. The van der Waals surface area contributed by atoms with Crippen LogP contribution in [0.25, 0.3) is 0 Å². The number of nitrogens with one attached hydrogen (secondary N) is 1. The number of esters is 1. The summed E-state index contributed by atoms with van der Waals surface area (Å²) < 4.78 is 15.4. The summed E-state index contributed by atoms with van der Waals surface area (Å²) in [7, 11) is 1.33. The average molecular weight is 457 g/mol. The third kappa shape index (κ3) is 5.56. The molecule has 1 aliphatic rings. The number of anilines is 2. The summed E-state index contributed by atoms with van der Waals surface area (Å²) in [5.41, 5.74) is 0.168. The molecule has 0 saturated carbocycles. The first-order valence-corrected chi connectivity index (χ1v) is 10.2. The maximum Gasteiger partial charge on any atom is 0.345 e. The van der Waals surface area contributed by atoms with Gasteiger partial charge in [0, 0.05) is 30.4 Å². The Balaban J connectivity index is 1.68. The average Bonchev–Trinajstić information content (AvgIpc) is 3.23. The highest BCUT2D eigenvalue weighted by atomic mass is 16.6. The second-order valence-corrected chi connectivity index (χ2v) is 7.03. The molecule has 1 heterocycles. The normalized spacial score (nSPS) is 12.9. The van der Waals surface area contributed by atoms with Crippen molar-refractivity contribution in [3.8, 4) is 11.5 Å². The zero-order chi connectivity index (χ0) is 24.0. The van der Waals surface area contributed by atoms with Crippen molar-refractivity contribution < 1.29 is 33.5 Å². The molecule has 1 N–H and O–H groups in total. The van der Waals surface area contributed by atoms with Gasteiger partial charge < -0.3 is 24.4 Å². The number of benzene rings is 2. The van der Waals surface area contributed by atoms with Gasteiger partial charge in [-0.15, -0.1) is 0 Å². The van der Waals surface area contributed by atoms with Gasteiger partial charge in [0.1, 0.15) is 5.56 Å². The summed E-state index contributed by atoms with van der Waals surface area (Å²) >= 11 is 0. The van der Waals surface area contributed by atoms with Crippen LogP contribution < -0.4 is 19.7 Å². The fourth-order valence-electron chi connectivity index (χ4n) is 3.37. The molecule has 0 aromatic heterocycles. The molecule has 1 saturated heterocycles. The SMILES string of the molecule is CCOc1cc([N+](=O)[O-])c(C(=O)OCC(=O)Nc2cccc(N3CCCC3=O)c2)cc1OC. The molecular formula is C22H23N3O8. The number of hydrogen-bond acceptors (Lipinski definition) is 8. The summed E-state index contributed by atoms with van der Waals surface area (Å²) in [4.78, 5) is 49.0. The van der Waals surface area contributed by atoms with Gasteiger partial charge in [-0.25, -0.2) is 4.79 Å². The van der Waals surface area contributed by atoms with Crippen LogP contribution in [0.1, 0.15) is 30.1 Å². The molecule has 11 nitrogen and oxygen atoms in total. The van der Waals surface area contributed by atoms with Crippen molar-refractivity contribution in [1.29, 1.82) is 0 Å². The predicted octanol–water partition coefficient (Wildman–Crippen LogP) is 2.92. The molecule has 1 fully saturated rings. The molecule has 33 heavy (non-hydrogen) atoms. The maximum atomic E-state index is 12.5. The van der Waals surface area contributed by atoms with Crippen LogP contribution in [0.15, 0.2) is 36.4 Å². The van der Waals surface area contributed by atoms with Crippen LogP contribution >= 0.6 is 0 Å². The second kappa shape index (κ2) is 10.4. The minimum atomic E-state index is -1.06. The number of hydrogen-bond donors (Lipinski definition) is 1. The highest BCUT2D eigenvalue weighted by Crippen LogP contribution is 2.35. The number of nitrogens with zero attached hydrogens (tertiary/aromatic N) is 2. The van der Waals surface area contributed by atoms with E-state index >= 15 is 0 Å². The Labute approximate surface area is 189 Å². The molecule has 2 amide bonds. The van der Waals surface area contributed by atoms with Gasteiger partial charge in [0.15, 0.2) is 18.1 Å². The molecule has 0 atom stereocenters. The summed E-state index contributed by atoms with van der Waals surface area (Å²) in [6, 6.07) is 8.94. The first-order valence-electron chi connectivity index (χ1n) is 10.2. The molecule has 1 aliphatic heterocycles. The van der Waals surface area contributed by atoms with Crippen molar-refractivity contribution in [1.82, 2.24) is 0 Å². The van der Waals surface area contributed by atoms with E-state index in [2.05, 4.69) is 5.32 Å². The molecule has 0 unspecified atom stereocenters. The van der Waals surface area contributed by atoms with E-state index in [9.17, 15) is 24.5 Å². The number of carbonyl (C=O) groups is 3. The summed E-state index contributed by atoms with van der Waals surface area (Å²) in [5.74, 6) is -1.47. The lowest BCUT2D eigenvalue weighted by Crippen LogP contribution is -2.24. The van der Waals surface area contributed by atoms with Gasteiger partial charge >= 0.3 is 5.97 Å². The van der Waals surface area contributed by atoms with Crippen molar-refractivity contribution in [2.75, 3.05) is 37.1 Å². The Bertz CT molecular complexity index is 1090. The van der Waals surface area contributed by atoms with Gasteiger partial charge in [0.05, 0.1) is 24.7 Å². The number of rotatable bonds is 9. The van der Waals surface area contributed by atoms with E-state index in [0.29, 0.717) is 24.3 Å². The molecule has 0 radical (unpaired) electrons. The zero-order valence-corrected chi connectivity index (χ0v) is 18.2. The highest BCUT2D eigenvalue weighted by molar-refractivity contribution is 5.99. The minimum Gasteiger partial charge on any atom is -0.493 e. The molecular weight excluding hydrogens is 434 g/mol. The van der Waals surface area contributed by atoms with Crippen molar-refractivity contribution in [3.63, 3.8) is 0 Å². The maximum absolute atomic E-state index is 12.5. The van der Waals surface area contributed by atoms with Gasteiger partial charge in [0.25, 0.3) is 11.6 Å². The second-order valence-electron chi connectivity index (χ2n) is 7.03. The number of amides is 2. The van der Waals surface area contributed by atoms with Crippen molar-refractivity contribution in [2.45, 2.75) is 19.8 Å². The third-order valence-corrected chi connectivity index (χ3v) is 4.85. The predicted molar refractivity (Wildman–Crippen MR) is 118 cm³/mol. The number of carbonyl (C=O) groups excluding carboxylic acids is 3. The number of ether oxygens (including phenoxy) is 3. The largest absolute Gasteiger partial charge is 0.493 e. The van der Waals surface area contributed by atoms with Gasteiger partial charge in [-0.3, -0.25) is 19.7 Å². The van der Waals surface area contributed by atoms with Crippen molar-refractivity contribution in [2.24, 2.45) is 0 Å². The van der Waals surface area contributed by atoms with Crippen molar-refractivity contribution >= 4 is 34.8 Å². The molecule has 174 valence electrons. The lowest BCUT2D eigenvalue weighted by molar-refractivity contribution is -0.385. The van der Waals surface area contributed by atoms with E-state index in [4.69, 9.17) is 14.2 Å². The number of nitro benzene ring substituents is 1. The smallest absolute Gasteiger partial charge is 0.345 e. The topological polar surface area (TPSA) is 137 Å². The van der Waals surface area contributed by atoms with Crippen LogP contribution in [-0.2, 0) is 14.3 Å². The molecule has 11 heteroatoms. The molecule has 3 rings (SSSR count). The van der Waals surface area contributed by atoms with E-state index < -0.39 is 29.1 Å². The van der Waals surface area contributed by atoms with Crippen LogP contribution in [-0.4, -0.2) is 49.6 Å². The molecule has 0 aliphatic carbocycles. The van der Waals surface area contributed by atoms with E-state index in [1.165, 1.54) is 7.11 Å². The molecule has 2 aromatic rings. The Hall–Kier alpha value is -4.15. The fraction of sp³-hybridized carbons (Fsp3) is 0.318. The monoisotopic (exact) mass is 457 g/mol. The molecule has 0 spiro atoms. The summed E-state index contributed by atoms with van der Waals surface area (Å²) in [6.07, 6.45) is 1.25. The fourth-order valence-corrected chi connectivity index (χ4v) is 3.37. The first kappa shape index (κ1) is 23.5. The van der Waals surface area contributed by atoms with E-state index in [-0.39, 0.29) is 29.6 Å². The Morgan fingerprint density at radius 2 is 2.00 bits per heavy atom. The standard InChI is InChI=1S/C22H23N3O8/c1-3-32-19-12-17(25(29)30)16(11-18(19)31-2)22(28)33-13-20(26)23-14-6-4-7-15(10-14)24-9-5-8-21(24)27/h4,6-7,10-12H,3,5,8-9,13H2,1-2H3,(H,23,26). The highest BCUT2D eigenvalue weighted by Gasteiger charge is 2.26. The summed E-state index contributed by atoms with van der Waals surface area (Å²) in [5, 5.41) is 14.0. The Morgan fingerprint density at radius 3 is 2.64 bits per heavy atom. The third-order valence-electron chi connectivity index (χ3n) is 4.85. The quantitative estimate of drug-likeness (QED) is 0.345. The van der Waals surface area contributed by atoms with Gasteiger partial charge in [-0.2, -0.15) is 0 Å². The lowest BCUT2D eigenvalue weighted by atomic mass is 10.1. The summed E-state index contributed by atoms with van der Waals surface area (Å²) in [6.45, 7) is 1.88. The van der Waals surface area contributed by atoms with Crippen LogP contribution in [0.3, 0.4) is 0 Å². The van der Waals surface area contributed by atoms with Crippen LogP contribution in [0, 0.1) is 10.1 Å². The Morgan fingerprint density at radius 1 is 1.21 bits per heavy atom.